The minimum atomic E-state index is -0.464. The van der Waals surface area contributed by atoms with Gasteiger partial charge in [-0.1, -0.05) is 36.4 Å². The van der Waals surface area contributed by atoms with Gasteiger partial charge >= 0.3 is 0 Å². The van der Waals surface area contributed by atoms with Crippen LogP contribution in [-0.2, 0) is 16.9 Å². The molecule has 0 saturated heterocycles. The molecule has 1 fully saturated rings. The minimum Gasteiger partial charge on any atom is -0.363 e. The van der Waals surface area contributed by atoms with Crippen molar-refractivity contribution in [3.05, 3.63) is 78.5 Å². The molecule has 0 atom stereocenters. The molecular weight excluding hydrogens is 364 g/mol. The zero-order valence-corrected chi connectivity index (χ0v) is 15.7. The fourth-order valence-electron chi connectivity index (χ4n) is 3.55. The lowest BCUT2D eigenvalue weighted by molar-refractivity contribution is -0.110. The highest BCUT2D eigenvalue weighted by atomic mass is 16.1. The SMILES string of the molecule is O=CNC1(c2nc(NCc3ccccn3)c3c(-c4ccccc4)ccn3n2)CC1. The van der Waals surface area contributed by atoms with E-state index >= 15 is 0 Å². The predicted octanol–water partition coefficient (Wildman–Crippen LogP) is 3.14. The number of nitrogens with zero attached hydrogens (tertiary/aromatic N) is 4. The van der Waals surface area contributed by atoms with Crippen LogP contribution in [0, 0.1) is 0 Å². The number of rotatable bonds is 7. The van der Waals surface area contributed by atoms with Gasteiger partial charge < -0.3 is 10.6 Å². The number of benzene rings is 1. The van der Waals surface area contributed by atoms with Crippen molar-refractivity contribution in [2.75, 3.05) is 5.32 Å². The topological polar surface area (TPSA) is 84.2 Å². The Balaban J connectivity index is 1.61. The number of aromatic nitrogens is 4. The fraction of sp³-hybridized carbons (Fsp3) is 0.182. The summed E-state index contributed by atoms with van der Waals surface area (Å²) >= 11 is 0. The van der Waals surface area contributed by atoms with Crippen LogP contribution >= 0.6 is 0 Å². The lowest BCUT2D eigenvalue weighted by Crippen LogP contribution is -2.30. The molecule has 7 heteroatoms. The molecule has 29 heavy (non-hydrogen) atoms. The van der Waals surface area contributed by atoms with Crippen LogP contribution < -0.4 is 10.6 Å². The quantitative estimate of drug-likeness (QED) is 0.478. The molecule has 5 rings (SSSR count). The van der Waals surface area contributed by atoms with E-state index in [0.29, 0.717) is 12.4 Å². The molecule has 0 unspecified atom stereocenters. The monoisotopic (exact) mass is 384 g/mol. The van der Waals surface area contributed by atoms with Crippen molar-refractivity contribution >= 4 is 17.7 Å². The Hall–Kier alpha value is -3.74. The Kier molecular flexibility index (Phi) is 4.20. The normalized spacial score (nSPS) is 14.5. The highest BCUT2D eigenvalue weighted by molar-refractivity contribution is 5.88. The summed E-state index contributed by atoms with van der Waals surface area (Å²) in [4.78, 5) is 20.3. The van der Waals surface area contributed by atoms with Crippen LogP contribution in [-0.4, -0.2) is 26.0 Å². The Morgan fingerprint density at radius 3 is 2.62 bits per heavy atom. The van der Waals surface area contributed by atoms with Crippen molar-refractivity contribution in [3.63, 3.8) is 0 Å². The van der Waals surface area contributed by atoms with Crippen molar-refractivity contribution < 1.29 is 4.79 Å². The Morgan fingerprint density at radius 1 is 1.07 bits per heavy atom. The summed E-state index contributed by atoms with van der Waals surface area (Å²) < 4.78 is 1.85. The molecule has 0 bridgehead atoms. The van der Waals surface area contributed by atoms with Gasteiger partial charge in [0.05, 0.1) is 12.2 Å². The van der Waals surface area contributed by atoms with Gasteiger partial charge in [-0.25, -0.2) is 9.50 Å². The predicted molar refractivity (Wildman–Crippen MR) is 110 cm³/mol. The van der Waals surface area contributed by atoms with E-state index < -0.39 is 5.54 Å². The largest absolute Gasteiger partial charge is 0.363 e. The van der Waals surface area contributed by atoms with Crippen LogP contribution in [0.4, 0.5) is 5.82 Å². The summed E-state index contributed by atoms with van der Waals surface area (Å²) in [6.45, 7) is 0.542. The van der Waals surface area contributed by atoms with E-state index in [0.717, 1.165) is 47.4 Å². The zero-order chi connectivity index (χ0) is 19.7. The first-order valence-corrected chi connectivity index (χ1v) is 9.59. The number of pyridine rings is 1. The Morgan fingerprint density at radius 2 is 1.90 bits per heavy atom. The number of fused-ring (bicyclic) bond motifs is 1. The number of carbonyl (C=O) groups is 1. The van der Waals surface area contributed by atoms with Crippen molar-refractivity contribution in [3.8, 4) is 11.1 Å². The van der Waals surface area contributed by atoms with Gasteiger partial charge in [-0.3, -0.25) is 9.78 Å². The third-order valence-corrected chi connectivity index (χ3v) is 5.27. The van der Waals surface area contributed by atoms with E-state index in [-0.39, 0.29) is 0 Å². The molecular formula is C22H20N6O. The van der Waals surface area contributed by atoms with Gasteiger partial charge in [-0.2, -0.15) is 5.10 Å². The smallest absolute Gasteiger partial charge is 0.207 e. The van der Waals surface area contributed by atoms with E-state index in [1.54, 1.807) is 6.20 Å². The summed E-state index contributed by atoms with van der Waals surface area (Å²) in [6, 6.07) is 18.0. The zero-order valence-electron chi connectivity index (χ0n) is 15.7. The number of amides is 1. The van der Waals surface area contributed by atoms with E-state index in [1.165, 1.54) is 0 Å². The van der Waals surface area contributed by atoms with Crippen molar-refractivity contribution in [2.45, 2.75) is 24.9 Å². The molecule has 0 radical (unpaired) electrons. The number of hydrogen-bond acceptors (Lipinski definition) is 5. The maximum Gasteiger partial charge on any atom is 0.207 e. The maximum absolute atomic E-state index is 11.1. The van der Waals surface area contributed by atoms with Gasteiger partial charge in [0.15, 0.2) is 11.6 Å². The van der Waals surface area contributed by atoms with Crippen LogP contribution in [0.3, 0.4) is 0 Å². The lowest BCUT2D eigenvalue weighted by Gasteiger charge is -2.16. The molecule has 0 spiro atoms. The summed E-state index contributed by atoms with van der Waals surface area (Å²) in [7, 11) is 0. The summed E-state index contributed by atoms with van der Waals surface area (Å²) in [5.74, 6) is 1.35. The number of hydrogen-bond donors (Lipinski definition) is 2. The molecule has 1 amide bonds. The third kappa shape index (κ3) is 3.20. The second-order valence-electron chi connectivity index (χ2n) is 7.19. The summed E-state index contributed by atoms with van der Waals surface area (Å²) in [5.41, 5.74) is 3.51. The molecule has 1 aliphatic carbocycles. The van der Waals surface area contributed by atoms with E-state index in [9.17, 15) is 4.79 Å². The minimum absolute atomic E-state index is 0.464. The average Bonchev–Trinajstić information content (AvgIpc) is 3.43. The Labute approximate surface area is 167 Å². The van der Waals surface area contributed by atoms with E-state index in [1.807, 2.05) is 53.2 Å². The molecule has 1 aromatic carbocycles. The average molecular weight is 384 g/mol. The highest BCUT2D eigenvalue weighted by Crippen LogP contribution is 2.44. The van der Waals surface area contributed by atoms with E-state index in [2.05, 4.69) is 27.8 Å². The molecule has 1 aliphatic rings. The first-order chi connectivity index (χ1) is 14.3. The Bertz CT molecular complexity index is 1150. The van der Waals surface area contributed by atoms with Crippen molar-refractivity contribution in [2.24, 2.45) is 0 Å². The second kappa shape index (κ2) is 7.01. The molecule has 3 aromatic heterocycles. The highest BCUT2D eigenvalue weighted by Gasteiger charge is 2.47. The molecule has 4 aromatic rings. The van der Waals surface area contributed by atoms with Gasteiger partial charge in [0.25, 0.3) is 0 Å². The van der Waals surface area contributed by atoms with Gasteiger partial charge in [0.1, 0.15) is 11.1 Å². The molecule has 144 valence electrons. The van der Waals surface area contributed by atoms with Crippen LogP contribution in [0.2, 0.25) is 0 Å². The molecule has 7 nitrogen and oxygen atoms in total. The molecule has 3 heterocycles. The van der Waals surface area contributed by atoms with E-state index in [4.69, 9.17) is 10.1 Å². The van der Waals surface area contributed by atoms with Crippen LogP contribution in [0.1, 0.15) is 24.4 Å². The lowest BCUT2D eigenvalue weighted by atomic mass is 10.1. The van der Waals surface area contributed by atoms with Gasteiger partial charge in [0, 0.05) is 18.0 Å². The van der Waals surface area contributed by atoms with Crippen LogP contribution in [0.5, 0.6) is 0 Å². The number of nitrogens with one attached hydrogen (secondary N) is 2. The van der Waals surface area contributed by atoms with Crippen molar-refractivity contribution in [1.82, 2.24) is 24.9 Å². The molecule has 2 N–H and O–H groups in total. The standard InChI is InChI=1S/C22H20N6O/c29-15-25-22(10-11-22)21-26-20(24-14-17-8-4-5-12-23-17)19-18(9-13-28(19)27-21)16-6-2-1-3-7-16/h1-9,12-13,15H,10-11,14H2,(H,25,29)(H,24,26,27). The van der Waals surface area contributed by atoms with Crippen LogP contribution in [0.15, 0.2) is 67.0 Å². The molecule has 1 saturated carbocycles. The van der Waals surface area contributed by atoms with Gasteiger partial charge in [-0.15, -0.1) is 0 Å². The maximum atomic E-state index is 11.1. The first kappa shape index (κ1) is 17.4. The number of carbonyl (C=O) groups excluding carboxylic acids is 1. The summed E-state index contributed by atoms with van der Waals surface area (Å²) in [5, 5.41) is 11.0. The number of anilines is 1. The van der Waals surface area contributed by atoms with Gasteiger partial charge in [0.2, 0.25) is 6.41 Å². The van der Waals surface area contributed by atoms with Crippen LogP contribution in [0.25, 0.3) is 16.6 Å². The summed E-state index contributed by atoms with van der Waals surface area (Å²) in [6.07, 6.45) is 6.11. The third-order valence-electron chi connectivity index (χ3n) is 5.27. The fourth-order valence-corrected chi connectivity index (χ4v) is 3.55. The van der Waals surface area contributed by atoms with Gasteiger partial charge in [-0.05, 0) is 36.6 Å². The molecule has 0 aliphatic heterocycles. The van der Waals surface area contributed by atoms with Crippen molar-refractivity contribution in [1.29, 1.82) is 0 Å². The second-order valence-corrected chi connectivity index (χ2v) is 7.19. The first-order valence-electron chi connectivity index (χ1n) is 9.59.